The molecule has 1 fully saturated rings. The average Bonchev–Trinajstić information content (AvgIpc) is 3.26. The van der Waals surface area contributed by atoms with E-state index < -0.39 is 17.9 Å². The second-order valence-electron chi connectivity index (χ2n) is 6.97. The van der Waals surface area contributed by atoms with Gasteiger partial charge in [0.2, 0.25) is 5.88 Å². The van der Waals surface area contributed by atoms with Gasteiger partial charge in [0.1, 0.15) is 39.1 Å². The molecule has 11 heteroatoms. The van der Waals surface area contributed by atoms with Gasteiger partial charge in [-0.2, -0.15) is 5.10 Å². The van der Waals surface area contributed by atoms with Gasteiger partial charge in [-0.1, -0.05) is 17.4 Å². The fraction of sp³-hybridized carbons (Fsp3) is 0.368. The quantitative estimate of drug-likeness (QED) is 0.440. The third kappa shape index (κ3) is 4.09. The number of rotatable bonds is 6. The maximum Gasteiger partial charge on any atom is 0.236 e. The molecule has 0 aliphatic carbocycles. The third-order valence-corrected chi connectivity index (χ3v) is 5.78. The molecule has 30 heavy (non-hydrogen) atoms. The normalized spacial score (nSPS) is 15.9. The summed E-state index contributed by atoms with van der Waals surface area (Å²) < 4.78 is 35.8. The lowest BCUT2D eigenvalue weighted by atomic mass is 10.1. The smallest absolute Gasteiger partial charge is 0.236 e. The van der Waals surface area contributed by atoms with E-state index in [1.807, 2.05) is 0 Å². The van der Waals surface area contributed by atoms with Crippen LogP contribution >= 0.6 is 11.3 Å². The van der Waals surface area contributed by atoms with Crippen molar-refractivity contribution in [1.29, 1.82) is 0 Å². The number of nitrogens with one attached hydrogen (secondary N) is 2. The molecule has 0 radical (unpaired) electrons. The number of anilines is 2. The molecular formula is C19H22F2N6O2S. The zero-order valence-electron chi connectivity index (χ0n) is 16.2. The number of aromatic nitrogens is 3. The monoisotopic (exact) mass is 436 g/mol. The Bertz CT molecular complexity index is 1010. The van der Waals surface area contributed by atoms with Gasteiger partial charge in [0.05, 0.1) is 11.8 Å². The number of nitrogens with two attached hydrogens (primary N) is 1. The van der Waals surface area contributed by atoms with E-state index in [1.165, 1.54) is 12.3 Å². The lowest BCUT2D eigenvalue weighted by Crippen LogP contribution is -2.34. The zero-order valence-corrected chi connectivity index (χ0v) is 17.0. The van der Waals surface area contributed by atoms with Crippen molar-refractivity contribution in [1.82, 2.24) is 20.1 Å². The Morgan fingerprint density at radius 2 is 2.03 bits per heavy atom. The minimum absolute atomic E-state index is 0.0410. The predicted molar refractivity (Wildman–Crippen MR) is 110 cm³/mol. The van der Waals surface area contributed by atoms with E-state index in [0.29, 0.717) is 11.6 Å². The molecule has 1 unspecified atom stereocenters. The largest absolute Gasteiger partial charge is 0.473 e. The first kappa shape index (κ1) is 20.5. The highest BCUT2D eigenvalue weighted by Crippen LogP contribution is 2.37. The van der Waals surface area contributed by atoms with Crippen molar-refractivity contribution >= 4 is 22.0 Å². The number of aliphatic hydroxyl groups excluding tert-OH is 1. The highest BCUT2D eigenvalue weighted by molar-refractivity contribution is 7.18. The number of aryl methyl sites for hydroxylation is 1. The van der Waals surface area contributed by atoms with Gasteiger partial charge in [0.25, 0.3) is 0 Å². The molecule has 1 saturated heterocycles. The van der Waals surface area contributed by atoms with Crippen LogP contribution in [-0.4, -0.2) is 39.1 Å². The molecule has 0 amide bonds. The van der Waals surface area contributed by atoms with Crippen molar-refractivity contribution < 1.29 is 18.6 Å². The van der Waals surface area contributed by atoms with E-state index in [1.54, 1.807) is 11.7 Å². The van der Waals surface area contributed by atoms with Crippen LogP contribution in [0.4, 0.5) is 19.5 Å². The predicted octanol–water partition coefficient (Wildman–Crippen LogP) is 2.64. The van der Waals surface area contributed by atoms with Gasteiger partial charge in [-0.25, -0.2) is 18.4 Å². The molecule has 1 aromatic carbocycles. The van der Waals surface area contributed by atoms with Gasteiger partial charge in [-0.05, 0) is 38.1 Å². The van der Waals surface area contributed by atoms with Gasteiger partial charge >= 0.3 is 0 Å². The summed E-state index contributed by atoms with van der Waals surface area (Å²) in [7, 11) is 1.74. The summed E-state index contributed by atoms with van der Waals surface area (Å²) in [6.45, 7) is 1.75. The summed E-state index contributed by atoms with van der Waals surface area (Å²) in [5.74, 6) is -1.01. The first-order chi connectivity index (χ1) is 14.4. The van der Waals surface area contributed by atoms with Crippen molar-refractivity contribution in [3.63, 3.8) is 0 Å². The van der Waals surface area contributed by atoms with E-state index in [4.69, 9.17) is 10.5 Å². The molecule has 3 heterocycles. The second-order valence-corrected chi connectivity index (χ2v) is 8.00. The molecule has 1 aliphatic heterocycles. The summed E-state index contributed by atoms with van der Waals surface area (Å²) in [5, 5.41) is 21.2. The number of hydrogen-bond acceptors (Lipinski definition) is 8. The molecule has 1 atom stereocenters. The van der Waals surface area contributed by atoms with Crippen molar-refractivity contribution in [3.8, 4) is 16.5 Å². The van der Waals surface area contributed by atoms with Crippen LogP contribution in [0.15, 0.2) is 24.4 Å². The molecule has 8 nitrogen and oxygen atoms in total. The van der Waals surface area contributed by atoms with Crippen LogP contribution in [0, 0.1) is 11.6 Å². The molecule has 2 aromatic heterocycles. The molecule has 160 valence electrons. The van der Waals surface area contributed by atoms with Crippen LogP contribution < -0.4 is 21.1 Å². The highest BCUT2D eigenvalue weighted by Gasteiger charge is 2.24. The molecular weight excluding hydrogens is 414 g/mol. The topological polar surface area (TPSA) is 110 Å². The molecule has 5 N–H and O–H groups in total. The number of ether oxygens (including phenoxy) is 1. The maximum atomic E-state index is 14.1. The van der Waals surface area contributed by atoms with E-state index >= 15 is 0 Å². The summed E-state index contributed by atoms with van der Waals surface area (Å²) >= 11 is 0.900. The van der Waals surface area contributed by atoms with Gasteiger partial charge < -0.3 is 26.2 Å². The van der Waals surface area contributed by atoms with Crippen molar-refractivity contribution in [2.24, 2.45) is 7.05 Å². The Morgan fingerprint density at radius 3 is 2.73 bits per heavy atom. The fourth-order valence-corrected chi connectivity index (χ4v) is 4.21. The van der Waals surface area contributed by atoms with E-state index in [0.717, 1.165) is 49.4 Å². The first-order valence-corrected chi connectivity index (χ1v) is 10.3. The average molecular weight is 436 g/mol. The first-order valence-electron chi connectivity index (χ1n) is 9.48. The fourth-order valence-electron chi connectivity index (χ4n) is 3.30. The standard InChI is InChI=1S/C19H22F2N6O2S/c1-27-19(29-10-5-7-23-8-6-10)13(9-24-27)25-17(28)15-16(22)30-18(26-15)14-11(20)3-2-4-12(14)21/h2-4,9-10,17,23,25,28H,5-8,22H2,1H3. The van der Waals surface area contributed by atoms with Crippen molar-refractivity contribution in [3.05, 3.63) is 41.7 Å². The van der Waals surface area contributed by atoms with Gasteiger partial charge in [0, 0.05) is 7.05 Å². The van der Waals surface area contributed by atoms with E-state index in [-0.39, 0.29) is 27.4 Å². The Morgan fingerprint density at radius 1 is 1.33 bits per heavy atom. The Labute approximate surface area is 175 Å². The number of nitrogen functional groups attached to an aromatic ring is 1. The van der Waals surface area contributed by atoms with Crippen LogP contribution in [0.1, 0.15) is 24.8 Å². The van der Waals surface area contributed by atoms with E-state index in [2.05, 4.69) is 20.7 Å². The van der Waals surface area contributed by atoms with Gasteiger partial charge in [-0.3, -0.25) is 0 Å². The van der Waals surface area contributed by atoms with Crippen LogP contribution in [0.5, 0.6) is 5.88 Å². The number of piperidine rings is 1. The summed E-state index contributed by atoms with van der Waals surface area (Å²) in [4.78, 5) is 4.17. The van der Waals surface area contributed by atoms with Gasteiger partial charge in [-0.15, -0.1) is 0 Å². The summed E-state index contributed by atoms with van der Waals surface area (Å²) in [5.41, 5.74) is 6.25. The number of thiazole rings is 1. The SMILES string of the molecule is Cn1ncc(NC(O)c2nc(-c3c(F)cccc3F)sc2N)c1OC1CCNCC1. The van der Waals surface area contributed by atoms with Crippen LogP contribution in [0.3, 0.4) is 0 Å². The lowest BCUT2D eigenvalue weighted by Gasteiger charge is -2.24. The van der Waals surface area contributed by atoms with Gasteiger partial charge in [0.15, 0.2) is 6.23 Å². The maximum absolute atomic E-state index is 14.1. The number of halogens is 2. The lowest BCUT2D eigenvalue weighted by molar-refractivity contribution is 0.148. The minimum Gasteiger partial charge on any atom is -0.473 e. The number of benzene rings is 1. The number of aliphatic hydroxyl groups is 1. The molecule has 4 rings (SSSR count). The van der Waals surface area contributed by atoms with Crippen LogP contribution in [0.2, 0.25) is 0 Å². The minimum atomic E-state index is -1.32. The third-order valence-electron chi connectivity index (χ3n) is 4.86. The summed E-state index contributed by atoms with van der Waals surface area (Å²) in [6, 6.07) is 3.56. The highest BCUT2D eigenvalue weighted by atomic mass is 32.1. The second kappa shape index (κ2) is 8.54. The molecule has 1 aliphatic rings. The number of hydrogen-bond donors (Lipinski definition) is 4. The molecule has 0 bridgehead atoms. The molecule has 0 spiro atoms. The van der Waals surface area contributed by atoms with Crippen molar-refractivity contribution in [2.75, 3.05) is 24.1 Å². The Kier molecular flexibility index (Phi) is 5.84. The summed E-state index contributed by atoms with van der Waals surface area (Å²) in [6.07, 6.45) is 1.98. The zero-order chi connectivity index (χ0) is 21.3. The van der Waals surface area contributed by atoms with Crippen LogP contribution in [-0.2, 0) is 7.05 Å². The number of nitrogens with zero attached hydrogens (tertiary/aromatic N) is 3. The Hall–Kier alpha value is -2.76. The van der Waals surface area contributed by atoms with Crippen LogP contribution in [0.25, 0.3) is 10.6 Å². The molecule has 3 aromatic rings. The van der Waals surface area contributed by atoms with E-state index in [9.17, 15) is 13.9 Å². The van der Waals surface area contributed by atoms with Crippen molar-refractivity contribution in [2.45, 2.75) is 25.2 Å². The molecule has 0 saturated carbocycles. The Balaban J connectivity index is 1.55.